The predicted octanol–water partition coefficient (Wildman–Crippen LogP) is 4.45. The van der Waals surface area contributed by atoms with Gasteiger partial charge < -0.3 is 4.90 Å². The number of pyridine rings is 1. The van der Waals surface area contributed by atoms with Crippen LogP contribution in [-0.2, 0) is 0 Å². The molecular weight excluding hydrogens is 320 g/mol. The van der Waals surface area contributed by atoms with Crippen LogP contribution in [-0.4, -0.2) is 28.0 Å². The fourth-order valence-corrected chi connectivity index (χ4v) is 3.31. The third-order valence-corrected chi connectivity index (χ3v) is 4.91. The van der Waals surface area contributed by atoms with Gasteiger partial charge in [0.25, 0.3) is 0 Å². The van der Waals surface area contributed by atoms with Crippen molar-refractivity contribution in [3.8, 4) is 11.5 Å². The fraction of sp³-hybridized carbons (Fsp3) is 0.227. The molecule has 0 bridgehead atoms. The van der Waals surface area contributed by atoms with Crippen LogP contribution in [0.1, 0.15) is 23.2 Å². The lowest BCUT2D eigenvalue weighted by Crippen LogP contribution is -2.30. The second kappa shape index (κ2) is 7.08. The molecule has 26 heavy (non-hydrogen) atoms. The van der Waals surface area contributed by atoms with Crippen LogP contribution in [0.3, 0.4) is 0 Å². The van der Waals surface area contributed by atoms with Gasteiger partial charge in [0.05, 0.1) is 0 Å². The maximum absolute atomic E-state index is 4.85. The molecule has 4 rings (SSSR count). The smallest absolute Gasteiger partial charge is 0.180 e. The highest BCUT2D eigenvalue weighted by Gasteiger charge is 2.19. The summed E-state index contributed by atoms with van der Waals surface area (Å²) in [6, 6.07) is 16.5. The van der Waals surface area contributed by atoms with Gasteiger partial charge in [-0.1, -0.05) is 42.5 Å². The molecule has 4 heteroatoms. The van der Waals surface area contributed by atoms with E-state index < -0.39 is 0 Å². The number of hydrogen-bond acceptors (Lipinski definition) is 4. The predicted molar refractivity (Wildman–Crippen MR) is 106 cm³/mol. The molecule has 1 aliphatic rings. The van der Waals surface area contributed by atoms with Crippen molar-refractivity contribution in [2.45, 2.75) is 20.3 Å². The van der Waals surface area contributed by atoms with E-state index in [0.29, 0.717) is 5.82 Å². The molecule has 0 unspecified atom stereocenters. The van der Waals surface area contributed by atoms with Gasteiger partial charge in [0, 0.05) is 30.5 Å². The molecule has 2 aromatic heterocycles. The van der Waals surface area contributed by atoms with E-state index in [1.807, 2.05) is 25.1 Å². The molecule has 0 aliphatic carbocycles. The van der Waals surface area contributed by atoms with Crippen LogP contribution in [0.15, 0.2) is 60.8 Å². The Morgan fingerprint density at radius 1 is 0.923 bits per heavy atom. The molecule has 3 heterocycles. The molecule has 4 nitrogen and oxygen atoms in total. The largest absolute Gasteiger partial charge is 0.352 e. The highest BCUT2D eigenvalue weighted by molar-refractivity contribution is 5.69. The van der Waals surface area contributed by atoms with E-state index in [9.17, 15) is 0 Å². The number of hydrogen-bond donors (Lipinski definition) is 0. The normalized spacial score (nSPS) is 14.2. The Bertz CT molecular complexity index is 933. The van der Waals surface area contributed by atoms with Crippen LogP contribution in [0, 0.1) is 13.8 Å². The molecule has 0 radical (unpaired) electrons. The van der Waals surface area contributed by atoms with E-state index in [4.69, 9.17) is 4.98 Å². The molecule has 0 spiro atoms. The molecule has 0 N–H and O–H groups in total. The number of rotatable bonds is 3. The Balaban J connectivity index is 1.64. The van der Waals surface area contributed by atoms with E-state index in [2.05, 4.69) is 58.2 Å². The van der Waals surface area contributed by atoms with Crippen molar-refractivity contribution in [1.82, 2.24) is 15.0 Å². The summed E-state index contributed by atoms with van der Waals surface area (Å²) in [5.74, 6) is 1.71. The first-order chi connectivity index (χ1) is 12.7. The van der Waals surface area contributed by atoms with E-state index in [-0.39, 0.29) is 0 Å². The Morgan fingerprint density at radius 3 is 2.42 bits per heavy atom. The van der Waals surface area contributed by atoms with Crippen LogP contribution >= 0.6 is 0 Å². The highest BCUT2D eigenvalue weighted by Crippen LogP contribution is 2.28. The zero-order valence-corrected chi connectivity index (χ0v) is 15.2. The summed E-state index contributed by atoms with van der Waals surface area (Å²) in [4.78, 5) is 16.2. The Kier molecular flexibility index (Phi) is 4.48. The molecular formula is C22H22N4. The van der Waals surface area contributed by atoms with Crippen molar-refractivity contribution in [3.05, 3.63) is 77.6 Å². The van der Waals surface area contributed by atoms with E-state index in [1.165, 1.54) is 11.1 Å². The first kappa shape index (κ1) is 16.5. The van der Waals surface area contributed by atoms with E-state index in [0.717, 1.165) is 42.3 Å². The second-order valence-electron chi connectivity index (χ2n) is 6.59. The van der Waals surface area contributed by atoms with Gasteiger partial charge in [-0.15, -0.1) is 0 Å². The number of nitrogens with zero attached hydrogens (tertiary/aromatic N) is 4. The third kappa shape index (κ3) is 3.23. The van der Waals surface area contributed by atoms with Crippen LogP contribution in [0.2, 0.25) is 0 Å². The summed E-state index contributed by atoms with van der Waals surface area (Å²) in [6.45, 7) is 5.97. The van der Waals surface area contributed by atoms with Crippen molar-refractivity contribution in [3.63, 3.8) is 0 Å². The van der Waals surface area contributed by atoms with Crippen molar-refractivity contribution < 1.29 is 0 Å². The van der Waals surface area contributed by atoms with Gasteiger partial charge in [0.2, 0.25) is 0 Å². The zero-order valence-electron chi connectivity index (χ0n) is 15.2. The quantitative estimate of drug-likeness (QED) is 0.705. The van der Waals surface area contributed by atoms with Crippen molar-refractivity contribution >= 4 is 11.4 Å². The fourth-order valence-electron chi connectivity index (χ4n) is 3.31. The number of benzene rings is 1. The van der Waals surface area contributed by atoms with Gasteiger partial charge in [0.1, 0.15) is 11.5 Å². The summed E-state index contributed by atoms with van der Waals surface area (Å²) in [7, 11) is 0. The lowest BCUT2D eigenvalue weighted by atomic mass is 9.99. The van der Waals surface area contributed by atoms with Crippen LogP contribution in [0.4, 0.5) is 5.82 Å². The summed E-state index contributed by atoms with van der Waals surface area (Å²) in [5.41, 5.74) is 5.69. The van der Waals surface area contributed by atoms with Gasteiger partial charge in [0.15, 0.2) is 5.82 Å². The minimum atomic E-state index is 0.696. The summed E-state index contributed by atoms with van der Waals surface area (Å²) >= 11 is 0. The lowest BCUT2D eigenvalue weighted by Gasteiger charge is -2.29. The second-order valence-corrected chi connectivity index (χ2v) is 6.59. The summed E-state index contributed by atoms with van der Waals surface area (Å²) in [6.07, 6.45) is 5.12. The molecule has 3 aromatic rings. The maximum atomic E-state index is 4.85. The SMILES string of the molecule is Cc1nc(-c2ccccn2)nc(N2CC=C(c3ccccc3)CC2)c1C. The molecule has 0 saturated carbocycles. The Morgan fingerprint density at radius 2 is 1.73 bits per heavy atom. The highest BCUT2D eigenvalue weighted by atomic mass is 15.2. The van der Waals surface area contributed by atoms with E-state index >= 15 is 0 Å². The molecule has 0 saturated heterocycles. The minimum absolute atomic E-state index is 0.696. The number of anilines is 1. The molecule has 0 fully saturated rings. The van der Waals surface area contributed by atoms with Crippen molar-refractivity contribution in [2.75, 3.05) is 18.0 Å². The topological polar surface area (TPSA) is 41.9 Å². The molecule has 0 atom stereocenters. The summed E-state index contributed by atoms with van der Waals surface area (Å²) < 4.78 is 0. The van der Waals surface area contributed by atoms with E-state index in [1.54, 1.807) is 6.20 Å². The summed E-state index contributed by atoms with van der Waals surface area (Å²) in [5, 5.41) is 0. The van der Waals surface area contributed by atoms with Gasteiger partial charge in [-0.05, 0) is 43.5 Å². The average Bonchev–Trinajstić information content (AvgIpc) is 2.71. The van der Waals surface area contributed by atoms with Gasteiger partial charge in [-0.3, -0.25) is 4.98 Å². The van der Waals surface area contributed by atoms with Crippen molar-refractivity contribution in [1.29, 1.82) is 0 Å². The Labute approximate surface area is 154 Å². The van der Waals surface area contributed by atoms with Crippen LogP contribution in [0.5, 0.6) is 0 Å². The van der Waals surface area contributed by atoms with Gasteiger partial charge in [-0.25, -0.2) is 9.97 Å². The third-order valence-electron chi connectivity index (χ3n) is 4.91. The monoisotopic (exact) mass is 342 g/mol. The standard InChI is InChI=1S/C22H22N4/c1-16-17(2)24-21(20-10-6-7-13-23-20)25-22(16)26-14-11-19(12-15-26)18-8-4-3-5-9-18/h3-11,13H,12,14-15H2,1-2H3. The first-order valence-corrected chi connectivity index (χ1v) is 8.98. The van der Waals surface area contributed by atoms with Crippen LogP contribution in [0.25, 0.3) is 17.1 Å². The minimum Gasteiger partial charge on any atom is -0.352 e. The molecule has 130 valence electrons. The Hall–Kier alpha value is -3.01. The number of aromatic nitrogens is 3. The van der Waals surface area contributed by atoms with Crippen molar-refractivity contribution in [2.24, 2.45) is 0 Å². The molecule has 1 aromatic carbocycles. The molecule has 0 amide bonds. The first-order valence-electron chi connectivity index (χ1n) is 8.98. The van der Waals surface area contributed by atoms with Gasteiger partial charge >= 0.3 is 0 Å². The van der Waals surface area contributed by atoms with Gasteiger partial charge in [-0.2, -0.15) is 0 Å². The average molecular weight is 342 g/mol. The molecule has 1 aliphatic heterocycles. The number of aryl methyl sites for hydroxylation is 1. The zero-order chi connectivity index (χ0) is 17.9. The lowest BCUT2D eigenvalue weighted by molar-refractivity contribution is 0.806. The maximum Gasteiger partial charge on any atom is 0.180 e. The van der Waals surface area contributed by atoms with Crippen LogP contribution < -0.4 is 4.90 Å².